The van der Waals surface area contributed by atoms with Crippen molar-refractivity contribution in [2.24, 2.45) is 5.73 Å². The quantitative estimate of drug-likeness (QED) is 0.818. The number of aromatic nitrogens is 1. The Morgan fingerprint density at radius 3 is 2.78 bits per heavy atom. The van der Waals surface area contributed by atoms with Crippen molar-refractivity contribution >= 4 is 23.1 Å². The third kappa shape index (κ3) is 2.14. The van der Waals surface area contributed by atoms with Crippen LogP contribution in [0.1, 0.15) is 28.9 Å². The number of carbonyl (C=O) groups excluding carboxylic acids is 2. The summed E-state index contributed by atoms with van der Waals surface area (Å²) in [5.41, 5.74) is 7.83. The monoisotopic (exact) mass is 244 g/mol. The third-order valence-corrected chi connectivity index (χ3v) is 3.20. The van der Waals surface area contributed by atoms with E-state index in [9.17, 15) is 9.59 Å². The Hall–Kier alpha value is -2.10. The maximum Gasteiger partial charge on any atom is 0.217 e. The number of aldehydes is 1. The van der Waals surface area contributed by atoms with Crippen molar-refractivity contribution in [3.63, 3.8) is 0 Å². The zero-order valence-electron chi connectivity index (χ0n) is 10.3. The molecule has 18 heavy (non-hydrogen) atoms. The summed E-state index contributed by atoms with van der Waals surface area (Å²) in [6.45, 7) is 2.62. The number of primary amides is 1. The van der Waals surface area contributed by atoms with E-state index in [0.29, 0.717) is 19.4 Å². The summed E-state index contributed by atoms with van der Waals surface area (Å²) in [4.78, 5) is 21.9. The molecule has 94 valence electrons. The van der Waals surface area contributed by atoms with E-state index >= 15 is 0 Å². The molecule has 2 N–H and O–H groups in total. The smallest absolute Gasteiger partial charge is 0.217 e. The molecule has 0 radical (unpaired) electrons. The number of benzene rings is 1. The average molecular weight is 244 g/mol. The molecule has 0 aliphatic heterocycles. The SMILES string of the molecule is Cc1c(C=O)c2ccccc2n1CCCC(N)=O. The summed E-state index contributed by atoms with van der Waals surface area (Å²) in [5.74, 6) is -0.292. The van der Waals surface area contributed by atoms with Crippen molar-refractivity contribution in [3.8, 4) is 0 Å². The molecule has 4 nitrogen and oxygen atoms in total. The second-order valence-corrected chi connectivity index (χ2v) is 4.36. The van der Waals surface area contributed by atoms with Gasteiger partial charge in [0.05, 0.1) is 0 Å². The lowest BCUT2D eigenvalue weighted by Gasteiger charge is -2.07. The molecule has 0 atom stereocenters. The van der Waals surface area contributed by atoms with Gasteiger partial charge < -0.3 is 10.3 Å². The molecule has 1 amide bonds. The first-order valence-corrected chi connectivity index (χ1v) is 5.96. The molecular weight excluding hydrogens is 228 g/mol. The fourth-order valence-electron chi connectivity index (χ4n) is 2.31. The zero-order chi connectivity index (χ0) is 13.1. The minimum Gasteiger partial charge on any atom is -0.370 e. The number of hydrogen-bond donors (Lipinski definition) is 1. The maximum absolute atomic E-state index is 11.1. The van der Waals surface area contributed by atoms with Gasteiger partial charge in [0.15, 0.2) is 6.29 Å². The van der Waals surface area contributed by atoms with Crippen LogP contribution in [-0.2, 0) is 11.3 Å². The first-order valence-electron chi connectivity index (χ1n) is 5.96. The highest BCUT2D eigenvalue weighted by Gasteiger charge is 2.12. The Labute approximate surface area is 105 Å². The first-order chi connectivity index (χ1) is 8.65. The van der Waals surface area contributed by atoms with Crippen LogP contribution in [0.25, 0.3) is 10.9 Å². The Morgan fingerprint density at radius 2 is 2.11 bits per heavy atom. The number of hydrogen-bond acceptors (Lipinski definition) is 2. The standard InChI is InChI=1S/C14H16N2O2/c1-10-12(9-17)11-5-2-3-6-13(11)16(10)8-4-7-14(15)18/h2-3,5-6,9H,4,7-8H2,1H3,(H2,15,18). The number of fused-ring (bicyclic) bond motifs is 1. The highest BCUT2D eigenvalue weighted by atomic mass is 16.1. The summed E-state index contributed by atoms with van der Waals surface area (Å²) >= 11 is 0. The van der Waals surface area contributed by atoms with Gasteiger partial charge in [0.2, 0.25) is 5.91 Å². The molecule has 0 aliphatic rings. The average Bonchev–Trinajstić information content (AvgIpc) is 2.62. The van der Waals surface area contributed by atoms with Crippen LogP contribution in [0.5, 0.6) is 0 Å². The Kier molecular flexibility index (Phi) is 3.46. The van der Waals surface area contributed by atoms with E-state index in [4.69, 9.17) is 5.73 Å². The predicted octanol–water partition coefficient (Wildman–Crippen LogP) is 2.03. The van der Waals surface area contributed by atoms with Crippen LogP contribution in [0.2, 0.25) is 0 Å². The summed E-state index contributed by atoms with van der Waals surface area (Å²) in [7, 11) is 0. The molecule has 0 aliphatic carbocycles. The van der Waals surface area contributed by atoms with Crippen molar-refractivity contribution in [1.29, 1.82) is 0 Å². The number of nitrogens with two attached hydrogens (primary N) is 1. The minimum atomic E-state index is -0.292. The first kappa shape index (κ1) is 12.4. The van der Waals surface area contributed by atoms with E-state index in [1.54, 1.807) is 0 Å². The van der Waals surface area contributed by atoms with E-state index < -0.39 is 0 Å². The molecule has 0 fully saturated rings. The Morgan fingerprint density at radius 1 is 1.39 bits per heavy atom. The second kappa shape index (κ2) is 5.04. The van der Waals surface area contributed by atoms with Gasteiger partial charge in [-0.05, 0) is 19.4 Å². The van der Waals surface area contributed by atoms with E-state index in [2.05, 4.69) is 4.57 Å². The summed E-state index contributed by atoms with van der Waals surface area (Å²) in [5, 5.41) is 0.962. The van der Waals surface area contributed by atoms with Gasteiger partial charge in [0, 0.05) is 35.1 Å². The van der Waals surface area contributed by atoms with E-state index in [0.717, 1.165) is 28.4 Å². The van der Waals surface area contributed by atoms with Gasteiger partial charge in [-0.15, -0.1) is 0 Å². The van der Waals surface area contributed by atoms with Crippen LogP contribution < -0.4 is 5.73 Å². The normalized spacial score (nSPS) is 10.7. The molecule has 2 rings (SSSR count). The van der Waals surface area contributed by atoms with E-state index in [1.807, 2.05) is 31.2 Å². The lowest BCUT2D eigenvalue weighted by molar-refractivity contribution is -0.118. The summed E-state index contributed by atoms with van der Waals surface area (Å²) in [6.07, 6.45) is 1.94. The molecule has 0 unspecified atom stereocenters. The number of nitrogens with zero attached hydrogens (tertiary/aromatic N) is 1. The number of rotatable bonds is 5. The number of para-hydroxylation sites is 1. The molecule has 1 aromatic carbocycles. The van der Waals surface area contributed by atoms with Gasteiger partial charge in [0.25, 0.3) is 0 Å². The van der Waals surface area contributed by atoms with Gasteiger partial charge in [-0.25, -0.2) is 0 Å². The minimum absolute atomic E-state index is 0.292. The van der Waals surface area contributed by atoms with Gasteiger partial charge in [-0.1, -0.05) is 18.2 Å². The number of carbonyl (C=O) groups is 2. The summed E-state index contributed by atoms with van der Waals surface area (Å²) in [6, 6.07) is 7.79. The lowest BCUT2D eigenvalue weighted by Crippen LogP contribution is -2.11. The number of amides is 1. The Bertz CT molecular complexity index is 599. The van der Waals surface area contributed by atoms with Gasteiger partial charge in [-0.2, -0.15) is 0 Å². The van der Waals surface area contributed by atoms with E-state index in [-0.39, 0.29) is 5.91 Å². The highest BCUT2D eigenvalue weighted by Crippen LogP contribution is 2.24. The van der Waals surface area contributed by atoms with Crippen molar-refractivity contribution < 1.29 is 9.59 Å². The van der Waals surface area contributed by atoms with Gasteiger partial charge >= 0.3 is 0 Å². The van der Waals surface area contributed by atoms with E-state index in [1.165, 1.54) is 0 Å². The van der Waals surface area contributed by atoms with Crippen molar-refractivity contribution in [1.82, 2.24) is 4.57 Å². The van der Waals surface area contributed by atoms with Crippen LogP contribution in [0, 0.1) is 6.92 Å². The molecule has 0 spiro atoms. The van der Waals surface area contributed by atoms with Crippen LogP contribution in [-0.4, -0.2) is 16.8 Å². The third-order valence-electron chi connectivity index (χ3n) is 3.20. The largest absolute Gasteiger partial charge is 0.370 e. The van der Waals surface area contributed by atoms with Crippen LogP contribution in [0.3, 0.4) is 0 Å². The molecule has 1 aromatic heterocycles. The highest BCUT2D eigenvalue weighted by molar-refractivity contribution is 5.99. The van der Waals surface area contributed by atoms with Crippen LogP contribution in [0.4, 0.5) is 0 Å². The molecule has 0 saturated heterocycles. The fraction of sp³-hybridized carbons (Fsp3) is 0.286. The second-order valence-electron chi connectivity index (χ2n) is 4.36. The molecule has 2 aromatic rings. The Balaban J connectivity index is 2.40. The lowest BCUT2D eigenvalue weighted by atomic mass is 10.1. The molecule has 1 heterocycles. The summed E-state index contributed by atoms with van der Waals surface area (Å²) < 4.78 is 2.07. The predicted molar refractivity (Wildman–Crippen MR) is 70.5 cm³/mol. The zero-order valence-corrected chi connectivity index (χ0v) is 10.3. The van der Waals surface area contributed by atoms with Crippen LogP contribution in [0.15, 0.2) is 24.3 Å². The molecule has 4 heteroatoms. The number of aryl methyl sites for hydroxylation is 1. The molecule has 0 bridgehead atoms. The topological polar surface area (TPSA) is 65.1 Å². The van der Waals surface area contributed by atoms with Gasteiger partial charge in [0.1, 0.15) is 0 Å². The van der Waals surface area contributed by atoms with Crippen molar-refractivity contribution in [2.75, 3.05) is 0 Å². The van der Waals surface area contributed by atoms with Crippen molar-refractivity contribution in [3.05, 3.63) is 35.5 Å². The van der Waals surface area contributed by atoms with Gasteiger partial charge in [-0.3, -0.25) is 9.59 Å². The van der Waals surface area contributed by atoms with Crippen LogP contribution >= 0.6 is 0 Å². The molecule has 0 saturated carbocycles. The van der Waals surface area contributed by atoms with Crippen molar-refractivity contribution in [2.45, 2.75) is 26.3 Å². The molecular formula is C14H16N2O2. The maximum atomic E-state index is 11.1. The fourth-order valence-corrected chi connectivity index (χ4v) is 2.31.